The van der Waals surface area contributed by atoms with Crippen LogP contribution in [0, 0.1) is 6.92 Å². The molecule has 0 fully saturated rings. The Labute approximate surface area is 81.9 Å². The Morgan fingerprint density at radius 1 is 1.57 bits per heavy atom. The third-order valence-corrected chi connectivity index (χ3v) is 1.69. The van der Waals surface area contributed by atoms with E-state index in [0.29, 0.717) is 16.8 Å². The van der Waals surface area contributed by atoms with Crippen molar-refractivity contribution in [1.82, 2.24) is 4.98 Å². The number of aryl methyl sites for hydroxylation is 1. The van der Waals surface area contributed by atoms with Crippen LogP contribution in [-0.2, 0) is 4.79 Å². The minimum absolute atomic E-state index is 0.210. The number of hydrogen-bond donors (Lipinski definition) is 3. The number of carbonyl (C=O) groups excluding carboxylic acids is 1. The van der Waals surface area contributed by atoms with Crippen LogP contribution in [0.5, 0.6) is 0 Å². The molecule has 0 saturated heterocycles. The Bertz CT molecular complexity index is 354. The van der Waals surface area contributed by atoms with Crippen LogP contribution in [0.3, 0.4) is 0 Å². The van der Waals surface area contributed by atoms with E-state index >= 15 is 0 Å². The van der Waals surface area contributed by atoms with E-state index < -0.39 is 7.12 Å². The predicted octanol–water partition coefficient (Wildman–Crippen LogP) is -0.972. The zero-order valence-electron chi connectivity index (χ0n) is 7.98. The summed E-state index contributed by atoms with van der Waals surface area (Å²) in [6, 6.07) is 1.56. The van der Waals surface area contributed by atoms with E-state index in [0.717, 1.165) is 0 Å². The van der Waals surface area contributed by atoms with E-state index in [1.165, 1.54) is 13.1 Å². The first-order chi connectivity index (χ1) is 6.50. The Kier molecular flexibility index (Phi) is 3.21. The van der Waals surface area contributed by atoms with Crippen molar-refractivity contribution in [2.24, 2.45) is 0 Å². The molecule has 1 heterocycles. The van der Waals surface area contributed by atoms with E-state index in [-0.39, 0.29) is 5.91 Å². The van der Waals surface area contributed by atoms with E-state index in [1.807, 2.05) is 0 Å². The van der Waals surface area contributed by atoms with Crippen molar-refractivity contribution >= 4 is 24.3 Å². The number of hydrogen-bond acceptors (Lipinski definition) is 4. The average Bonchev–Trinajstić information content (AvgIpc) is 2.07. The first kappa shape index (κ1) is 10.7. The molecule has 0 aliphatic carbocycles. The van der Waals surface area contributed by atoms with Crippen LogP contribution in [0.4, 0.5) is 5.82 Å². The van der Waals surface area contributed by atoms with E-state index in [4.69, 9.17) is 10.0 Å². The van der Waals surface area contributed by atoms with Crippen molar-refractivity contribution < 1.29 is 14.8 Å². The summed E-state index contributed by atoms with van der Waals surface area (Å²) in [5.41, 5.74) is 0.988. The zero-order chi connectivity index (χ0) is 10.7. The fourth-order valence-electron chi connectivity index (χ4n) is 1.04. The Morgan fingerprint density at radius 3 is 2.64 bits per heavy atom. The largest absolute Gasteiger partial charge is 0.490 e. The molecule has 6 heteroatoms. The average molecular weight is 194 g/mol. The van der Waals surface area contributed by atoms with Crippen molar-refractivity contribution in [3.8, 4) is 0 Å². The quantitative estimate of drug-likeness (QED) is 0.529. The summed E-state index contributed by atoms with van der Waals surface area (Å²) in [4.78, 5) is 14.6. The van der Waals surface area contributed by atoms with Crippen molar-refractivity contribution in [2.75, 3.05) is 5.32 Å². The van der Waals surface area contributed by atoms with Crippen LogP contribution in [0.25, 0.3) is 0 Å². The Balaban J connectivity index is 2.95. The molecule has 0 aromatic carbocycles. The first-order valence-corrected chi connectivity index (χ1v) is 4.11. The van der Waals surface area contributed by atoms with Crippen molar-refractivity contribution in [3.05, 3.63) is 17.8 Å². The SMILES string of the molecule is CC(=O)Nc1ncc(B(O)O)cc1C. The Morgan fingerprint density at radius 2 is 2.21 bits per heavy atom. The normalized spacial score (nSPS) is 9.71. The van der Waals surface area contributed by atoms with Crippen molar-refractivity contribution in [1.29, 1.82) is 0 Å². The fraction of sp³-hybridized carbons (Fsp3) is 0.250. The number of nitrogens with zero attached hydrogens (tertiary/aromatic N) is 1. The monoisotopic (exact) mass is 194 g/mol. The maximum Gasteiger partial charge on any atom is 0.490 e. The van der Waals surface area contributed by atoms with Gasteiger partial charge in [0.15, 0.2) is 0 Å². The number of pyridine rings is 1. The van der Waals surface area contributed by atoms with Gasteiger partial charge in [0.2, 0.25) is 5.91 Å². The maximum absolute atomic E-state index is 10.7. The van der Waals surface area contributed by atoms with Gasteiger partial charge >= 0.3 is 7.12 Å². The predicted molar refractivity (Wildman–Crippen MR) is 53.1 cm³/mol. The zero-order valence-corrected chi connectivity index (χ0v) is 7.98. The van der Waals surface area contributed by atoms with Gasteiger partial charge in [-0.05, 0) is 12.5 Å². The molecule has 0 spiro atoms. The summed E-state index contributed by atoms with van der Waals surface area (Å²) in [5.74, 6) is 0.222. The van der Waals surface area contributed by atoms with E-state index in [1.54, 1.807) is 13.0 Å². The molecule has 14 heavy (non-hydrogen) atoms. The van der Waals surface area contributed by atoms with Gasteiger partial charge in [-0.25, -0.2) is 4.98 Å². The van der Waals surface area contributed by atoms with Gasteiger partial charge in [-0.2, -0.15) is 0 Å². The van der Waals surface area contributed by atoms with Gasteiger partial charge < -0.3 is 15.4 Å². The van der Waals surface area contributed by atoms with Crippen molar-refractivity contribution in [3.63, 3.8) is 0 Å². The highest BCUT2D eigenvalue weighted by Gasteiger charge is 2.12. The molecule has 1 aromatic rings. The van der Waals surface area contributed by atoms with E-state index in [2.05, 4.69) is 10.3 Å². The van der Waals surface area contributed by atoms with Crippen LogP contribution in [-0.4, -0.2) is 28.1 Å². The lowest BCUT2D eigenvalue weighted by Crippen LogP contribution is -2.30. The molecule has 0 radical (unpaired) electrons. The molecule has 0 saturated carbocycles. The maximum atomic E-state index is 10.7. The third kappa shape index (κ3) is 2.55. The second-order valence-corrected chi connectivity index (χ2v) is 2.99. The summed E-state index contributed by atoms with van der Waals surface area (Å²) in [5, 5.41) is 20.2. The minimum atomic E-state index is -1.53. The molecule has 0 bridgehead atoms. The highest BCUT2D eigenvalue weighted by atomic mass is 16.4. The highest BCUT2D eigenvalue weighted by Crippen LogP contribution is 2.07. The second-order valence-electron chi connectivity index (χ2n) is 2.99. The summed E-state index contributed by atoms with van der Waals surface area (Å²) >= 11 is 0. The molecule has 1 aromatic heterocycles. The van der Waals surface area contributed by atoms with Crippen molar-refractivity contribution in [2.45, 2.75) is 13.8 Å². The summed E-state index contributed by atoms with van der Waals surface area (Å²) in [6.07, 6.45) is 1.31. The first-order valence-electron chi connectivity index (χ1n) is 4.11. The van der Waals surface area contributed by atoms with Crippen LogP contribution in [0.1, 0.15) is 12.5 Å². The fourth-order valence-corrected chi connectivity index (χ4v) is 1.04. The molecule has 0 aliphatic heterocycles. The van der Waals surface area contributed by atoms with Crippen LogP contribution in [0.2, 0.25) is 0 Å². The lowest BCUT2D eigenvalue weighted by Gasteiger charge is -2.06. The number of anilines is 1. The molecule has 5 nitrogen and oxygen atoms in total. The molecule has 0 unspecified atom stereocenters. The molecular weight excluding hydrogens is 183 g/mol. The summed E-state index contributed by atoms with van der Waals surface area (Å²) in [7, 11) is -1.53. The number of nitrogens with one attached hydrogen (secondary N) is 1. The van der Waals surface area contributed by atoms with Gasteiger partial charge in [0, 0.05) is 18.6 Å². The van der Waals surface area contributed by atoms with Gasteiger partial charge in [-0.1, -0.05) is 6.07 Å². The molecule has 3 N–H and O–H groups in total. The molecule has 1 amide bonds. The van der Waals surface area contributed by atoms with Gasteiger partial charge in [0.1, 0.15) is 5.82 Å². The minimum Gasteiger partial charge on any atom is -0.423 e. The standard InChI is InChI=1S/C8H11BN2O3/c1-5-3-7(9(13)14)4-10-8(5)11-6(2)12/h3-4,13-14H,1-2H3,(H,10,11,12). The molecule has 0 atom stereocenters. The van der Waals surface area contributed by atoms with Crippen LogP contribution < -0.4 is 10.8 Å². The number of amides is 1. The number of rotatable bonds is 2. The second kappa shape index (κ2) is 4.21. The molecule has 0 aliphatic rings. The lowest BCUT2D eigenvalue weighted by molar-refractivity contribution is -0.114. The van der Waals surface area contributed by atoms with Gasteiger partial charge in [0.05, 0.1) is 0 Å². The summed E-state index contributed by atoms with van der Waals surface area (Å²) < 4.78 is 0. The number of carbonyl (C=O) groups is 1. The molecular formula is C8H11BN2O3. The third-order valence-electron chi connectivity index (χ3n) is 1.69. The van der Waals surface area contributed by atoms with Gasteiger partial charge in [0.25, 0.3) is 0 Å². The van der Waals surface area contributed by atoms with Gasteiger partial charge in [-0.15, -0.1) is 0 Å². The molecule has 1 rings (SSSR count). The molecule has 74 valence electrons. The van der Waals surface area contributed by atoms with Crippen LogP contribution in [0.15, 0.2) is 12.3 Å². The van der Waals surface area contributed by atoms with Gasteiger partial charge in [-0.3, -0.25) is 4.79 Å². The topological polar surface area (TPSA) is 82.5 Å². The highest BCUT2D eigenvalue weighted by molar-refractivity contribution is 6.58. The Hall–Kier alpha value is -1.40. The smallest absolute Gasteiger partial charge is 0.423 e. The van der Waals surface area contributed by atoms with E-state index in [9.17, 15) is 4.79 Å². The lowest BCUT2D eigenvalue weighted by atomic mass is 9.81. The number of aromatic nitrogens is 1. The van der Waals surface area contributed by atoms with Crippen LogP contribution >= 0.6 is 0 Å². The summed E-state index contributed by atoms with van der Waals surface area (Å²) in [6.45, 7) is 3.11.